The number of hydrogen-bond donors (Lipinski definition) is 0. The van der Waals surface area contributed by atoms with Gasteiger partial charge in [0.25, 0.3) is 0 Å². The molecule has 4 aromatic rings. The fraction of sp³-hybridized carbons (Fsp3) is 0.120. The van der Waals surface area contributed by atoms with E-state index in [0.717, 1.165) is 12.3 Å². The van der Waals surface area contributed by atoms with Gasteiger partial charge in [-0.1, -0.05) is 91.0 Å². The lowest BCUT2D eigenvalue weighted by molar-refractivity contribution is 0.0675. The van der Waals surface area contributed by atoms with Crippen LogP contribution in [0.15, 0.2) is 97.1 Å². The molecular weight excluding hydrogens is 330 g/mol. The van der Waals surface area contributed by atoms with Gasteiger partial charge in [-0.05, 0) is 28.0 Å². The Morgan fingerprint density at radius 3 is 2.26 bits per heavy atom. The second kappa shape index (κ2) is 6.90. The summed E-state index contributed by atoms with van der Waals surface area (Å²) in [6, 6.07) is 34.4. The van der Waals surface area contributed by atoms with Crippen molar-refractivity contribution in [2.45, 2.75) is 12.6 Å². The minimum Gasteiger partial charge on any atom is -0.478 e. The average Bonchev–Trinajstić information content (AvgIpc) is 2.75. The van der Waals surface area contributed by atoms with Crippen LogP contribution in [-0.4, -0.2) is 11.6 Å². The summed E-state index contributed by atoms with van der Waals surface area (Å²) in [5.41, 5.74) is 3.86. The molecule has 0 N–H and O–H groups in total. The van der Waals surface area contributed by atoms with Gasteiger partial charge in [-0.15, -0.1) is 0 Å². The van der Waals surface area contributed by atoms with Crippen LogP contribution in [0.5, 0.6) is 5.75 Å². The number of ether oxygens (including phenoxy) is 1. The molecule has 0 amide bonds. The van der Waals surface area contributed by atoms with E-state index in [2.05, 4.69) is 102 Å². The van der Waals surface area contributed by atoms with Crippen LogP contribution in [0.25, 0.3) is 10.8 Å². The third-order valence-electron chi connectivity index (χ3n) is 5.30. The minimum atomic E-state index is 0.168. The van der Waals surface area contributed by atoms with Gasteiger partial charge in [0.05, 0.1) is 6.04 Å². The summed E-state index contributed by atoms with van der Waals surface area (Å²) < 4.78 is 6.19. The normalized spacial score (nSPS) is 16.7. The Bertz CT molecular complexity index is 1060. The fourth-order valence-corrected chi connectivity index (χ4v) is 4.06. The zero-order chi connectivity index (χ0) is 18.1. The van der Waals surface area contributed by atoms with Gasteiger partial charge in [0, 0.05) is 12.1 Å². The molecule has 132 valence electrons. The molecule has 1 aliphatic heterocycles. The van der Waals surface area contributed by atoms with E-state index in [1.54, 1.807) is 0 Å². The van der Waals surface area contributed by atoms with E-state index in [-0.39, 0.29) is 6.04 Å². The van der Waals surface area contributed by atoms with Gasteiger partial charge in [0.2, 0.25) is 0 Å². The van der Waals surface area contributed by atoms with Gasteiger partial charge in [0.15, 0.2) is 0 Å². The number of hydrogen-bond acceptors (Lipinski definition) is 2. The van der Waals surface area contributed by atoms with Gasteiger partial charge < -0.3 is 4.74 Å². The molecule has 0 unspecified atom stereocenters. The Hall–Kier alpha value is -3.10. The van der Waals surface area contributed by atoms with E-state index in [1.807, 2.05) is 0 Å². The van der Waals surface area contributed by atoms with Crippen molar-refractivity contribution in [3.63, 3.8) is 0 Å². The largest absolute Gasteiger partial charge is 0.478 e. The van der Waals surface area contributed by atoms with Crippen molar-refractivity contribution in [1.29, 1.82) is 0 Å². The third-order valence-corrected chi connectivity index (χ3v) is 5.30. The van der Waals surface area contributed by atoms with Gasteiger partial charge in [-0.25, -0.2) is 0 Å². The molecule has 0 spiro atoms. The molecule has 2 nitrogen and oxygen atoms in total. The highest BCUT2D eigenvalue weighted by atomic mass is 16.5. The molecule has 27 heavy (non-hydrogen) atoms. The maximum absolute atomic E-state index is 6.19. The molecule has 1 aliphatic rings. The van der Waals surface area contributed by atoms with Crippen LogP contribution in [0.2, 0.25) is 0 Å². The summed E-state index contributed by atoms with van der Waals surface area (Å²) in [6.07, 6.45) is 0. The Kier molecular flexibility index (Phi) is 4.11. The summed E-state index contributed by atoms with van der Waals surface area (Å²) in [4.78, 5) is 2.42. The van der Waals surface area contributed by atoms with Crippen molar-refractivity contribution >= 4 is 10.8 Å². The third kappa shape index (κ3) is 2.98. The first kappa shape index (κ1) is 16.1. The Balaban J connectivity index is 1.68. The lowest BCUT2D eigenvalue weighted by Crippen LogP contribution is -2.36. The van der Waals surface area contributed by atoms with E-state index in [4.69, 9.17) is 4.74 Å². The molecule has 0 saturated heterocycles. The number of nitrogens with zero attached hydrogens (tertiary/aromatic N) is 1. The molecule has 4 aromatic carbocycles. The molecule has 1 heterocycles. The summed E-state index contributed by atoms with van der Waals surface area (Å²) in [6.45, 7) is 1.43. The molecule has 0 radical (unpaired) electrons. The average molecular weight is 351 g/mol. The van der Waals surface area contributed by atoms with Crippen molar-refractivity contribution in [3.8, 4) is 5.75 Å². The van der Waals surface area contributed by atoms with Crippen LogP contribution in [0.1, 0.15) is 22.7 Å². The summed E-state index contributed by atoms with van der Waals surface area (Å²) >= 11 is 0. The van der Waals surface area contributed by atoms with Gasteiger partial charge in [-0.3, -0.25) is 4.90 Å². The molecule has 0 aromatic heterocycles. The summed E-state index contributed by atoms with van der Waals surface area (Å²) in [5.74, 6) is 0.992. The minimum absolute atomic E-state index is 0.168. The highest BCUT2D eigenvalue weighted by Crippen LogP contribution is 2.43. The van der Waals surface area contributed by atoms with Crippen molar-refractivity contribution in [1.82, 2.24) is 4.90 Å². The maximum Gasteiger partial charge on any atom is 0.143 e. The zero-order valence-corrected chi connectivity index (χ0v) is 15.1. The first-order chi connectivity index (χ1) is 13.4. The fourth-order valence-electron chi connectivity index (χ4n) is 4.06. The Morgan fingerprint density at radius 2 is 1.44 bits per heavy atom. The van der Waals surface area contributed by atoms with Crippen molar-refractivity contribution in [2.75, 3.05) is 6.73 Å². The standard InChI is InChI=1S/C25H21NO/c1-3-9-19(10-4-1)17-26-18-27-23-16-15-20-11-7-8-14-22(20)24(23)25(26)21-12-5-2-6-13-21/h1-16,25H,17-18H2/t25-/m1/s1. The van der Waals surface area contributed by atoms with E-state index < -0.39 is 0 Å². The highest BCUT2D eigenvalue weighted by Gasteiger charge is 2.31. The smallest absolute Gasteiger partial charge is 0.143 e. The summed E-state index contributed by atoms with van der Waals surface area (Å²) in [5, 5.41) is 2.52. The van der Waals surface area contributed by atoms with Crippen LogP contribution in [-0.2, 0) is 6.54 Å². The predicted octanol–water partition coefficient (Wildman–Crippen LogP) is 5.78. The monoisotopic (exact) mass is 351 g/mol. The number of benzene rings is 4. The molecule has 2 heteroatoms. The zero-order valence-electron chi connectivity index (χ0n) is 15.1. The molecule has 0 aliphatic carbocycles. The second-order valence-electron chi connectivity index (χ2n) is 7.02. The molecule has 0 saturated carbocycles. The number of rotatable bonds is 3. The Morgan fingerprint density at radius 1 is 0.741 bits per heavy atom. The highest BCUT2D eigenvalue weighted by molar-refractivity contribution is 5.89. The van der Waals surface area contributed by atoms with E-state index in [9.17, 15) is 0 Å². The van der Waals surface area contributed by atoms with Gasteiger partial charge >= 0.3 is 0 Å². The maximum atomic E-state index is 6.19. The first-order valence-electron chi connectivity index (χ1n) is 9.37. The predicted molar refractivity (Wildman–Crippen MR) is 110 cm³/mol. The van der Waals surface area contributed by atoms with Crippen molar-refractivity contribution < 1.29 is 4.74 Å². The van der Waals surface area contributed by atoms with E-state index in [1.165, 1.54) is 27.5 Å². The summed E-state index contributed by atoms with van der Waals surface area (Å²) in [7, 11) is 0. The lowest BCUT2D eigenvalue weighted by atomic mass is 9.90. The first-order valence-corrected chi connectivity index (χ1v) is 9.37. The topological polar surface area (TPSA) is 12.5 Å². The molecule has 5 rings (SSSR count). The van der Waals surface area contributed by atoms with Crippen molar-refractivity contribution in [2.24, 2.45) is 0 Å². The van der Waals surface area contributed by atoms with Crippen LogP contribution in [0, 0.1) is 0 Å². The molecule has 1 atom stereocenters. The van der Waals surface area contributed by atoms with Gasteiger partial charge in [-0.2, -0.15) is 0 Å². The van der Waals surface area contributed by atoms with E-state index >= 15 is 0 Å². The van der Waals surface area contributed by atoms with Crippen LogP contribution in [0.3, 0.4) is 0 Å². The number of fused-ring (bicyclic) bond motifs is 3. The molecule has 0 bridgehead atoms. The molecule has 0 fully saturated rings. The van der Waals surface area contributed by atoms with Crippen LogP contribution < -0.4 is 4.74 Å². The lowest BCUT2D eigenvalue weighted by Gasteiger charge is -2.38. The van der Waals surface area contributed by atoms with Crippen LogP contribution >= 0.6 is 0 Å². The second-order valence-corrected chi connectivity index (χ2v) is 7.02. The van der Waals surface area contributed by atoms with E-state index in [0.29, 0.717) is 6.73 Å². The van der Waals surface area contributed by atoms with Crippen molar-refractivity contribution in [3.05, 3.63) is 114 Å². The SMILES string of the molecule is c1ccc(CN2COc3ccc4ccccc4c3[C@H]2c2ccccc2)cc1. The molecular formula is C25H21NO. The van der Waals surface area contributed by atoms with Gasteiger partial charge in [0.1, 0.15) is 12.5 Å². The quantitative estimate of drug-likeness (QED) is 0.464. The van der Waals surface area contributed by atoms with Crippen LogP contribution in [0.4, 0.5) is 0 Å². The Labute approximate surface area is 159 Å².